The Balaban J connectivity index is 4.34. The zero-order valence-corrected chi connectivity index (χ0v) is 54.3. The van der Waals surface area contributed by atoms with Crippen LogP contribution >= 0.6 is 0 Å². The highest BCUT2D eigenvalue weighted by molar-refractivity contribution is 5.71. The fourth-order valence-corrected chi connectivity index (χ4v) is 10.6. The van der Waals surface area contributed by atoms with Crippen molar-refractivity contribution in [3.05, 3.63) is 60.8 Å². The lowest BCUT2D eigenvalue weighted by atomic mass is 10.0. The van der Waals surface area contributed by atoms with E-state index in [0.29, 0.717) is 19.3 Å². The summed E-state index contributed by atoms with van der Waals surface area (Å²) in [7, 11) is 0. The van der Waals surface area contributed by atoms with E-state index in [1.807, 2.05) is 0 Å². The van der Waals surface area contributed by atoms with E-state index in [-0.39, 0.29) is 31.1 Å². The lowest BCUT2D eigenvalue weighted by molar-refractivity contribution is -0.167. The summed E-state index contributed by atoms with van der Waals surface area (Å²) in [4.78, 5) is 38.5. The third-order valence-corrected chi connectivity index (χ3v) is 16.0. The molecule has 0 saturated carbocycles. The molecule has 6 heteroatoms. The largest absolute Gasteiger partial charge is 0.462 e. The summed E-state index contributed by atoms with van der Waals surface area (Å²) in [6.07, 6.45) is 89.5. The first-order valence-electron chi connectivity index (χ1n) is 35.8. The maximum absolute atomic E-state index is 13.0. The predicted molar refractivity (Wildman–Crippen MR) is 353 cm³/mol. The van der Waals surface area contributed by atoms with Gasteiger partial charge in [-0.3, -0.25) is 14.4 Å². The number of allylic oxidation sites excluding steroid dienone is 10. The van der Waals surface area contributed by atoms with Crippen LogP contribution in [-0.2, 0) is 28.6 Å². The molecule has 0 N–H and O–H groups in total. The van der Waals surface area contributed by atoms with E-state index < -0.39 is 6.10 Å². The van der Waals surface area contributed by atoms with Crippen LogP contribution in [0.5, 0.6) is 0 Å². The predicted octanol–water partition coefficient (Wildman–Crippen LogP) is 24.7. The molecule has 1 atom stereocenters. The molecule has 0 amide bonds. The van der Waals surface area contributed by atoms with Crippen molar-refractivity contribution in [1.82, 2.24) is 0 Å². The Morgan fingerprint density at radius 1 is 0.247 bits per heavy atom. The second-order valence-corrected chi connectivity index (χ2v) is 24.1. The Morgan fingerprint density at radius 3 is 0.691 bits per heavy atom. The zero-order chi connectivity index (χ0) is 58.5. The maximum Gasteiger partial charge on any atom is 0.306 e. The molecular formula is C75H136O6. The van der Waals surface area contributed by atoms with Gasteiger partial charge in [0.15, 0.2) is 6.10 Å². The summed E-state index contributed by atoms with van der Waals surface area (Å²) in [6.45, 7) is 6.68. The van der Waals surface area contributed by atoms with Crippen LogP contribution < -0.4 is 0 Å². The number of esters is 3. The Morgan fingerprint density at radius 2 is 0.444 bits per heavy atom. The minimum absolute atomic E-state index is 0.0730. The van der Waals surface area contributed by atoms with E-state index >= 15 is 0 Å². The lowest BCUT2D eigenvalue weighted by Crippen LogP contribution is -2.30. The number of hydrogen-bond donors (Lipinski definition) is 0. The summed E-state index contributed by atoms with van der Waals surface area (Å²) in [5.41, 5.74) is 0. The van der Waals surface area contributed by atoms with E-state index in [4.69, 9.17) is 14.2 Å². The number of ether oxygens (including phenoxy) is 3. The summed E-state index contributed by atoms with van der Waals surface area (Å²) >= 11 is 0. The molecule has 0 aromatic rings. The highest BCUT2D eigenvalue weighted by Gasteiger charge is 2.19. The average Bonchev–Trinajstić information content (AvgIpc) is 3.47. The van der Waals surface area contributed by atoms with Crippen molar-refractivity contribution in [2.45, 2.75) is 386 Å². The van der Waals surface area contributed by atoms with Crippen LogP contribution in [0.4, 0.5) is 0 Å². The molecule has 0 rings (SSSR count). The van der Waals surface area contributed by atoms with E-state index in [0.717, 1.165) is 77.0 Å². The first-order chi connectivity index (χ1) is 40.0. The van der Waals surface area contributed by atoms with Crippen molar-refractivity contribution < 1.29 is 28.6 Å². The molecular weight excluding hydrogens is 997 g/mol. The Labute approximate surface area is 504 Å². The third kappa shape index (κ3) is 67.8. The molecule has 0 bridgehead atoms. The third-order valence-electron chi connectivity index (χ3n) is 16.0. The van der Waals surface area contributed by atoms with Crippen molar-refractivity contribution in [3.8, 4) is 0 Å². The van der Waals surface area contributed by atoms with Crippen LogP contribution in [0.25, 0.3) is 0 Å². The van der Waals surface area contributed by atoms with Gasteiger partial charge in [0, 0.05) is 19.3 Å². The van der Waals surface area contributed by atoms with Gasteiger partial charge in [0.05, 0.1) is 0 Å². The highest BCUT2D eigenvalue weighted by Crippen LogP contribution is 2.18. The van der Waals surface area contributed by atoms with Crippen molar-refractivity contribution in [3.63, 3.8) is 0 Å². The number of carbonyl (C=O) groups excluding carboxylic acids is 3. The molecule has 0 aromatic carbocycles. The standard InChI is InChI=1S/C75H136O6/c1-4-7-10-13-16-19-22-25-28-31-33-35-36-37-38-40-41-44-47-50-53-56-59-62-65-68-74(77)80-71-72(70-79-73(76)67-64-61-58-55-52-49-46-43-30-27-24-21-18-15-12-9-6-3)81-75(78)69-66-63-60-57-54-51-48-45-42-39-34-32-29-26-23-20-17-14-11-8-5-2/h22-23,25-26,31-34,36-37,72H,4-21,24,27-30,35,38-71H2,1-3H3/b25-22-,26-23-,33-31-,34-32-,37-36-. The van der Waals surface area contributed by atoms with Crippen LogP contribution in [-0.4, -0.2) is 37.2 Å². The van der Waals surface area contributed by atoms with E-state index in [2.05, 4.69) is 81.5 Å². The highest BCUT2D eigenvalue weighted by atomic mass is 16.6. The fourth-order valence-electron chi connectivity index (χ4n) is 10.6. The van der Waals surface area contributed by atoms with Gasteiger partial charge < -0.3 is 14.2 Å². The molecule has 0 aromatic heterocycles. The number of carbonyl (C=O) groups is 3. The van der Waals surface area contributed by atoms with Gasteiger partial charge in [-0.2, -0.15) is 0 Å². The number of unbranched alkanes of at least 4 members (excludes halogenated alkanes) is 45. The summed E-state index contributed by atoms with van der Waals surface area (Å²) in [6, 6.07) is 0. The van der Waals surface area contributed by atoms with Gasteiger partial charge in [-0.1, -0.05) is 332 Å². The average molecular weight is 1130 g/mol. The smallest absolute Gasteiger partial charge is 0.306 e. The topological polar surface area (TPSA) is 78.9 Å². The van der Waals surface area contributed by atoms with Gasteiger partial charge >= 0.3 is 17.9 Å². The molecule has 6 nitrogen and oxygen atoms in total. The van der Waals surface area contributed by atoms with E-state index in [9.17, 15) is 14.4 Å². The van der Waals surface area contributed by atoms with Crippen LogP contribution in [0.2, 0.25) is 0 Å². The van der Waals surface area contributed by atoms with Crippen molar-refractivity contribution in [1.29, 1.82) is 0 Å². The number of rotatable bonds is 66. The molecule has 1 unspecified atom stereocenters. The summed E-state index contributed by atoms with van der Waals surface area (Å²) in [5.74, 6) is -0.856. The normalized spacial score (nSPS) is 12.4. The fraction of sp³-hybridized carbons (Fsp3) is 0.827. The second-order valence-electron chi connectivity index (χ2n) is 24.1. The van der Waals surface area contributed by atoms with Gasteiger partial charge in [0.1, 0.15) is 13.2 Å². The molecule has 81 heavy (non-hydrogen) atoms. The molecule has 0 aliphatic carbocycles. The van der Waals surface area contributed by atoms with Gasteiger partial charge in [-0.25, -0.2) is 0 Å². The zero-order valence-electron chi connectivity index (χ0n) is 54.3. The molecule has 0 radical (unpaired) electrons. The van der Waals surface area contributed by atoms with Gasteiger partial charge in [0.2, 0.25) is 0 Å². The van der Waals surface area contributed by atoms with Crippen LogP contribution in [0, 0.1) is 0 Å². The van der Waals surface area contributed by atoms with E-state index in [1.165, 1.54) is 263 Å². The monoisotopic (exact) mass is 1130 g/mol. The number of hydrogen-bond acceptors (Lipinski definition) is 6. The Bertz CT molecular complexity index is 1440. The van der Waals surface area contributed by atoms with E-state index in [1.54, 1.807) is 0 Å². The molecule has 0 heterocycles. The quantitative estimate of drug-likeness (QED) is 0.0261. The van der Waals surface area contributed by atoms with Crippen molar-refractivity contribution >= 4 is 17.9 Å². The van der Waals surface area contributed by atoms with Crippen LogP contribution in [0.1, 0.15) is 380 Å². The molecule has 0 saturated heterocycles. The van der Waals surface area contributed by atoms with Crippen LogP contribution in [0.15, 0.2) is 60.8 Å². The first-order valence-corrected chi connectivity index (χ1v) is 35.8. The molecule has 0 spiro atoms. The maximum atomic E-state index is 13.0. The van der Waals surface area contributed by atoms with Gasteiger partial charge in [0.25, 0.3) is 0 Å². The molecule has 472 valence electrons. The minimum atomic E-state index is -0.779. The van der Waals surface area contributed by atoms with Crippen molar-refractivity contribution in [2.24, 2.45) is 0 Å². The molecule has 0 fully saturated rings. The minimum Gasteiger partial charge on any atom is -0.462 e. The van der Waals surface area contributed by atoms with Crippen molar-refractivity contribution in [2.75, 3.05) is 13.2 Å². The molecule has 0 aliphatic heterocycles. The Kier molecular flexibility index (Phi) is 67.1. The SMILES string of the molecule is CCCCCCC/C=C\C/C=C\C/C=C\CCCCCCCCCCCCC(=O)OCC(COC(=O)CCCCCCCCCCCCCCCCCCC)OC(=O)CCCCCCCCCCC/C=C\C/C=C\CCCCCCC. The first kappa shape index (κ1) is 78.1. The Hall–Kier alpha value is -2.89. The molecule has 0 aliphatic rings. The van der Waals surface area contributed by atoms with Gasteiger partial charge in [-0.15, -0.1) is 0 Å². The second kappa shape index (κ2) is 69.6. The summed E-state index contributed by atoms with van der Waals surface area (Å²) < 4.78 is 17.0. The van der Waals surface area contributed by atoms with Crippen LogP contribution in [0.3, 0.4) is 0 Å². The van der Waals surface area contributed by atoms with Gasteiger partial charge in [-0.05, 0) is 89.9 Å². The summed E-state index contributed by atoms with van der Waals surface area (Å²) in [5, 5.41) is 0. The lowest BCUT2D eigenvalue weighted by Gasteiger charge is -2.18.